The minimum absolute atomic E-state index is 0.187. The van der Waals surface area contributed by atoms with Crippen LogP contribution in [0.4, 0.5) is 0 Å². The number of aryl methyl sites for hydroxylation is 1. The summed E-state index contributed by atoms with van der Waals surface area (Å²) in [7, 11) is 1.89. The van der Waals surface area contributed by atoms with Crippen LogP contribution in [0.15, 0.2) is 48.5 Å². The molecule has 0 aliphatic rings. The molecule has 1 amide bonds. The average molecular weight is 283 g/mol. The van der Waals surface area contributed by atoms with Gasteiger partial charge in [0.2, 0.25) is 0 Å². The maximum atomic E-state index is 12.1. The number of carbonyl (C=O) groups is 1. The van der Waals surface area contributed by atoms with Gasteiger partial charge in [-0.1, -0.05) is 30.3 Å². The highest BCUT2D eigenvalue weighted by Gasteiger charge is 2.12. The Labute approximate surface area is 122 Å². The minimum Gasteiger partial charge on any atom is -0.387 e. The van der Waals surface area contributed by atoms with Crippen LogP contribution in [0.25, 0.3) is 11.0 Å². The van der Waals surface area contributed by atoms with Crippen LogP contribution in [0.1, 0.15) is 22.0 Å². The standard InChI is InChI=1S/C16H17N3O2/c1-19-14-9-12(7-8-13(14)18-19)16(21)17-10-15(20)11-5-3-2-4-6-11/h2-9,15,18,20H,10H2,1H3,(H,17,21). The van der Waals surface area contributed by atoms with E-state index in [2.05, 4.69) is 10.4 Å². The maximum Gasteiger partial charge on any atom is 0.251 e. The first-order chi connectivity index (χ1) is 10.1. The second-order valence-electron chi connectivity index (χ2n) is 5.04. The third-order valence-electron chi connectivity index (χ3n) is 3.55. The summed E-state index contributed by atoms with van der Waals surface area (Å²) in [5, 5.41) is 15.9. The molecule has 1 aromatic heterocycles. The lowest BCUT2D eigenvalue weighted by atomic mass is 10.1. The van der Waals surface area contributed by atoms with E-state index >= 15 is 0 Å². The molecular weight excluding hydrogens is 266 g/mol. The quantitative estimate of drug-likeness (QED) is 0.685. The molecule has 0 saturated heterocycles. The normalized spacial score (nSPS) is 12.5. The van der Waals surface area contributed by atoms with Crippen molar-refractivity contribution in [1.29, 1.82) is 0 Å². The van der Waals surface area contributed by atoms with Crippen LogP contribution in [0, 0.1) is 0 Å². The fourth-order valence-corrected chi connectivity index (χ4v) is 2.32. The van der Waals surface area contributed by atoms with Gasteiger partial charge in [-0.25, -0.2) is 0 Å². The highest BCUT2D eigenvalue weighted by Crippen LogP contribution is 2.16. The number of fused-ring (bicyclic) bond motifs is 1. The molecule has 5 nitrogen and oxygen atoms in total. The molecule has 1 unspecified atom stereocenters. The Morgan fingerprint density at radius 3 is 2.76 bits per heavy atom. The van der Waals surface area contributed by atoms with Gasteiger partial charge in [0, 0.05) is 19.2 Å². The number of aliphatic hydroxyl groups excluding tert-OH is 1. The van der Waals surface area contributed by atoms with Crippen LogP contribution >= 0.6 is 0 Å². The van der Waals surface area contributed by atoms with E-state index in [1.165, 1.54) is 0 Å². The number of amides is 1. The number of hydrogen-bond acceptors (Lipinski definition) is 2. The number of rotatable bonds is 4. The van der Waals surface area contributed by atoms with Crippen molar-refractivity contribution in [1.82, 2.24) is 15.1 Å². The van der Waals surface area contributed by atoms with Gasteiger partial charge >= 0.3 is 0 Å². The van der Waals surface area contributed by atoms with E-state index in [4.69, 9.17) is 0 Å². The van der Waals surface area contributed by atoms with Crippen molar-refractivity contribution in [3.63, 3.8) is 0 Å². The zero-order valence-electron chi connectivity index (χ0n) is 11.7. The molecule has 0 radical (unpaired) electrons. The first-order valence-electron chi connectivity index (χ1n) is 6.81. The molecule has 0 saturated carbocycles. The Morgan fingerprint density at radius 2 is 2.05 bits per heavy atom. The zero-order chi connectivity index (χ0) is 14.8. The Bertz CT molecular complexity index is 758. The molecule has 1 heterocycles. The van der Waals surface area contributed by atoms with Gasteiger partial charge in [-0.15, -0.1) is 0 Å². The topological polar surface area (TPSA) is 70.0 Å². The molecule has 0 aliphatic heterocycles. The van der Waals surface area contributed by atoms with Crippen LogP contribution in [0.2, 0.25) is 0 Å². The summed E-state index contributed by atoms with van der Waals surface area (Å²) in [5.74, 6) is -0.187. The largest absolute Gasteiger partial charge is 0.387 e. The third-order valence-corrected chi connectivity index (χ3v) is 3.55. The molecule has 108 valence electrons. The number of hydrogen-bond donors (Lipinski definition) is 3. The van der Waals surface area contributed by atoms with E-state index < -0.39 is 6.10 Å². The molecule has 2 aromatic carbocycles. The van der Waals surface area contributed by atoms with Crippen LogP contribution in [0.3, 0.4) is 0 Å². The lowest BCUT2D eigenvalue weighted by molar-refractivity contribution is 0.0916. The Kier molecular flexibility index (Phi) is 3.50. The first-order valence-corrected chi connectivity index (χ1v) is 6.81. The van der Waals surface area contributed by atoms with E-state index in [1.54, 1.807) is 6.07 Å². The number of H-pyrrole nitrogens is 1. The lowest BCUT2D eigenvalue weighted by Gasteiger charge is -2.14. The number of nitrogens with zero attached hydrogens (tertiary/aromatic N) is 1. The predicted octanol–water partition coefficient (Wildman–Crippen LogP) is 1.97. The van der Waals surface area contributed by atoms with Gasteiger partial charge in [0.05, 0.1) is 17.1 Å². The number of aliphatic hydroxyl groups is 1. The number of aromatic nitrogens is 2. The first kappa shape index (κ1) is 13.5. The summed E-state index contributed by atoms with van der Waals surface area (Å²) >= 11 is 0. The molecule has 5 heteroatoms. The van der Waals surface area contributed by atoms with Crippen LogP contribution in [0.5, 0.6) is 0 Å². The van der Waals surface area contributed by atoms with E-state index in [0.29, 0.717) is 5.56 Å². The number of aromatic amines is 1. The molecule has 0 bridgehead atoms. The fraction of sp³-hybridized carbons (Fsp3) is 0.188. The molecule has 3 aromatic rings. The Hall–Kier alpha value is -2.53. The van der Waals surface area contributed by atoms with E-state index in [9.17, 15) is 9.90 Å². The second kappa shape index (κ2) is 5.46. The van der Waals surface area contributed by atoms with Crippen molar-refractivity contribution < 1.29 is 9.90 Å². The molecule has 3 N–H and O–H groups in total. The van der Waals surface area contributed by atoms with Gasteiger partial charge in [0.15, 0.2) is 0 Å². The highest BCUT2D eigenvalue weighted by atomic mass is 16.3. The van der Waals surface area contributed by atoms with Crippen molar-refractivity contribution in [3.05, 3.63) is 59.7 Å². The van der Waals surface area contributed by atoms with Crippen molar-refractivity contribution in [2.45, 2.75) is 6.10 Å². The smallest absolute Gasteiger partial charge is 0.251 e. The van der Waals surface area contributed by atoms with E-state index in [0.717, 1.165) is 16.6 Å². The van der Waals surface area contributed by atoms with Crippen LogP contribution in [-0.4, -0.2) is 27.3 Å². The van der Waals surface area contributed by atoms with Crippen molar-refractivity contribution in [2.75, 3.05) is 6.54 Å². The van der Waals surface area contributed by atoms with Crippen molar-refractivity contribution in [3.8, 4) is 0 Å². The molecular formula is C16H17N3O2. The van der Waals surface area contributed by atoms with Gasteiger partial charge in [-0.2, -0.15) is 0 Å². The van der Waals surface area contributed by atoms with Crippen LogP contribution in [-0.2, 0) is 7.05 Å². The summed E-state index contributed by atoms with van der Waals surface area (Å²) in [5.41, 5.74) is 3.38. The summed E-state index contributed by atoms with van der Waals surface area (Å²) < 4.78 is 1.85. The third kappa shape index (κ3) is 2.68. The average Bonchev–Trinajstić information content (AvgIpc) is 2.52. The summed E-state index contributed by atoms with van der Waals surface area (Å²) in [6.07, 6.45) is -0.703. The molecule has 0 spiro atoms. The maximum absolute atomic E-state index is 12.1. The van der Waals surface area contributed by atoms with Gasteiger partial charge in [0.1, 0.15) is 0 Å². The van der Waals surface area contributed by atoms with Gasteiger partial charge in [-0.05, 0) is 23.8 Å². The van der Waals surface area contributed by atoms with Crippen LogP contribution < -0.4 is 5.32 Å². The minimum atomic E-state index is -0.703. The highest BCUT2D eigenvalue weighted by molar-refractivity contribution is 5.97. The SMILES string of the molecule is Cn1[nH]c2ccc(C(=O)NCC(O)c3ccccc3)cc21. The van der Waals surface area contributed by atoms with E-state index in [1.807, 2.05) is 54.2 Å². The summed E-state index contributed by atoms with van der Waals surface area (Å²) in [4.78, 5) is 12.1. The Morgan fingerprint density at radius 1 is 1.29 bits per heavy atom. The molecule has 0 fully saturated rings. The second-order valence-corrected chi connectivity index (χ2v) is 5.04. The molecule has 3 rings (SSSR count). The number of benzene rings is 2. The number of carbonyl (C=O) groups excluding carboxylic acids is 1. The predicted molar refractivity (Wildman–Crippen MR) is 81.0 cm³/mol. The lowest BCUT2D eigenvalue weighted by Crippen LogP contribution is -2.28. The van der Waals surface area contributed by atoms with Gasteiger partial charge in [-0.3, -0.25) is 14.6 Å². The fourth-order valence-electron chi connectivity index (χ4n) is 2.32. The van der Waals surface area contributed by atoms with Crippen molar-refractivity contribution in [2.24, 2.45) is 7.05 Å². The Balaban J connectivity index is 1.65. The van der Waals surface area contributed by atoms with Crippen molar-refractivity contribution >= 4 is 16.9 Å². The molecule has 1 atom stereocenters. The summed E-state index contributed by atoms with van der Waals surface area (Å²) in [6.45, 7) is 0.189. The monoisotopic (exact) mass is 283 g/mol. The zero-order valence-corrected chi connectivity index (χ0v) is 11.7. The summed E-state index contributed by atoms with van der Waals surface area (Å²) in [6, 6.07) is 14.8. The molecule has 0 aliphatic carbocycles. The van der Waals surface area contributed by atoms with E-state index in [-0.39, 0.29) is 12.5 Å². The van der Waals surface area contributed by atoms with Gasteiger partial charge < -0.3 is 10.4 Å². The molecule has 21 heavy (non-hydrogen) atoms. The number of nitrogens with one attached hydrogen (secondary N) is 2. The van der Waals surface area contributed by atoms with Gasteiger partial charge in [0.25, 0.3) is 5.91 Å².